The summed E-state index contributed by atoms with van der Waals surface area (Å²) in [6.45, 7) is 0. The lowest BCUT2D eigenvalue weighted by molar-refractivity contribution is -0.113. The second-order valence-electron chi connectivity index (χ2n) is 5.38. The number of anilines is 1. The third kappa shape index (κ3) is 4.20. The molecule has 2 heterocycles. The van der Waals surface area contributed by atoms with Gasteiger partial charge in [-0.1, -0.05) is 42.6 Å². The fraction of sp³-hybridized carbons (Fsp3) is 0.500. The summed E-state index contributed by atoms with van der Waals surface area (Å²) in [5, 5.41) is 15.6. The molecule has 1 aliphatic carbocycles. The van der Waals surface area contributed by atoms with Crippen LogP contribution in [0.5, 0.6) is 0 Å². The topological polar surface area (TPSA) is 85.6 Å². The molecule has 2 aromatic heterocycles. The van der Waals surface area contributed by atoms with Crippen molar-refractivity contribution in [2.75, 3.05) is 11.1 Å². The highest BCUT2D eigenvalue weighted by atomic mass is 35.5. The first-order chi connectivity index (χ1) is 11.2. The van der Waals surface area contributed by atoms with Crippen molar-refractivity contribution in [2.24, 2.45) is 0 Å². The molecular formula is C14H17ClN6OS. The molecule has 1 fully saturated rings. The van der Waals surface area contributed by atoms with Gasteiger partial charge in [0.25, 0.3) is 0 Å². The number of hydrogen-bond acceptors (Lipinski definition) is 6. The van der Waals surface area contributed by atoms with E-state index in [0.29, 0.717) is 16.9 Å². The summed E-state index contributed by atoms with van der Waals surface area (Å²) in [7, 11) is 0. The van der Waals surface area contributed by atoms with Gasteiger partial charge in [0.05, 0.1) is 17.5 Å². The molecule has 122 valence electrons. The van der Waals surface area contributed by atoms with Gasteiger partial charge in [0.1, 0.15) is 0 Å². The summed E-state index contributed by atoms with van der Waals surface area (Å²) in [5.74, 6) is 0.0568. The van der Waals surface area contributed by atoms with Gasteiger partial charge >= 0.3 is 0 Å². The Bertz CT molecular complexity index is 673. The number of rotatable bonds is 5. The van der Waals surface area contributed by atoms with E-state index in [9.17, 15) is 4.79 Å². The van der Waals surface area contributed by atoms with Crippen LogP contribution in [0, 0.1) is 0 Å². The van der Waals surface area contributed by atoms with E-state index in [1.54, 1.807) is 18.3 Å². The molecule has 1 amide bonds. The van der Waals surface area contributed by atoms with Crippen LogP contribution in [0.1, 0.15) is 38.1 Å². The minimum absolute atomic E-state index is 0.164. The van der Waals surface area contributed by atoms with Gasteiger partial charge in [-0.3, -0.25) is 4.79 Å². The van der Waals surface area contributed by atoms with Gasteiger partial charge < -0.3 is 5.32 Å². The molecule has 23 heavy (non-hydrogen) atoms. The molecule has 0 aromatic carbocycles. The molecule has 0 saturated heterocycles. The van der Waals surface area contributed by atoms with E-state index < -0.39 is 0 Å². The van der Waals surface area contributed by atoms with Crippen LogP contribution >= 0.6 is 23.4 Å². The molecule has 0 aliphatic heterocycles. The van der Waals surface area contributed by atoms with Gasteiger partial charge in [0.2, 0.25) is 11.1 Å². The zero-order valence-corrected chi connectivity index (χ0v) is 14.1. The number of amides is 1. The summed E-state index contributed by atoms with van der Waals surface area (Å²) in [5.41, 5.74) is 0.506. The third-order valence-electron chi connectivity index (χ3n) is 3.75. The molecule has 2 aromatic rings. The predicted molar refractivity (Wildman–Crippen MR) is 88.5 cm³/mol. The molecule has 1 aliphatic rings. The van der Waals surface area contributed by atoms with Gasteiger partial charge in [0, 0.05) is 6.20 Å². The van der Waals surface area contributed by atoms with Crippen LogP contribution in [-0.4, -0.2) is 36.9 Å². The van der Waals surface area contributed by atoms with Crippen molar-refractivity contribution in [3.8, 4) is 0 Å². The fourth-order valence-corrected chi connectivity index (χ4v) is 3.54. The van der Waals surface area contributed by atoms with Crippen LogP contribution in [0.15, 0.2) is 23.5 Å². The quantitative estimate of drug-likeness (QED) is 0.657. The highest BCUT2D eigenvalue weighted by Gasteiger charge is 2.20. The maximum absolute atomic E-state index is 12.1. The lowest BCUT2D eigenvalue weighted by atomic mass is 9.96. The number of thioether (sulfide) groups is 1. The Morgan fingerprint density at radius 3 is 3.00 bits per heavy atom. The van der Waals surface area contributed by atoms with E-state index in [0.717, 1.165) is 12.8 Å². The van der Waals surface area contributed by atoms with Crippen molar-refractivity contribution in [1.82, 2.24) is 25.2 Å². The predicted octanol–water partition coefficient (Wildman–Crippen LogP) is 2.96. The first kappa shape index (κ1) is 16.2. The Morgan fingerprint density at radius 1 is 1.39 bits per heavy atom. The Hall–Kier alpha value is -1.67. The minimum atomic E-state index is -0.164. The number of halogens is 1. The van der Waals surface area contributed by atoms with Crippen LogP contribution in [0.3, 0.4) is 0 Å². The minimum Gasteiger partial charge on any atom is -0.323 e. The zero-order chi connectivity index (χ0) is 16.1. The standard InChI is InChI=1S/C14H17ClN6OS/c15-13-11(7-4-8-16-13)17-12(22)9-23-14-18-19-20-21(14)10-5-2-1-3-6-10/h4,7-8,10H,1-3,5-6,9H2,(H,17,22). The summed E-state index contributed by atoms with van der Waals surface area (Å²) < 4.78 is 1.86. The molecule has 0 unspecified atom stereocenters. The van der Waals surface area contributed by atoms with E-state index in [-0.39, 0.29) is 16.8 Å². The number of aromatic nitrogens is 5. The van der Waals surface area contributed by atoms with E-state index >= 15 is 0 Å². The number of carbonyl (C=O) groups excluding carboxylic acids is 1. The molecule has 7 nitrogen and oxygen atoms in total. The summed E-state index contributed by atoms with van der Waals surface area (Å²) in [4.78, 5) is 16.0. The molecule has 3 rings (SSSR count). The molecule has 0 bridgehead atoms. The van der Waals surface area contributed by atoms with Gasteiger partial charge in [-0.15, -0.1) is 5.10 Å². The van der Waals surface area contributed by atoms with E-state index in [1.807, 2.05) is 4.68 Å². The molecule has 0 atom stereocenters. The molecule has 1 saturated carbocycles. The number of hydrogen-bond donors (Lipinski definition) is 1. The van der Waals surface area contributed by atoms with Crippen LogP contribution in [-0.2, 0) is 4.79 Å². The summed E-state index contributed by atoms with van der Waals surface area (Å²) in [6.07, 6.45) is 7.44. The molecule has 0 spiro atoms. The molecule has 9 heteroatoms. The first-order valence-corrected chi connectivity index (χ1v) is 8.91. The van der Waals surface area contributed by atoms with E-state index in [4.69, 9.17) is 11.6 Å². The number of nitrogens with zero attached hydrogens (tertiary/aromatic N) is 5. The van der Waals surface area contributed by atoms with Crippen molar-refractivity contribution in [1.29, 1.82) is 0 Å². The average molecular weight is 353 g/mol. The second-order valence-corrected chi connectivity index (χ2v) is 6.68. The van der Waals surface area contributed by atoms with Crippen molar-refractivity contribution in [3.05, 3.63) is 23.5 Å². The van der Waals surface area contributed by atoms with Crippen LogP contribution in [0.4, 0.5) is 5.69 Å². The van der Waals surface area contributed by atoms with Crippen LogP contribution < -0.4 is 5.32 Å². The van der Waals surface area contributed by atoms with Crippen LogP contribution in [0.2, 0.25) is 5.15 Å². The van der Waals surface area contributed by atoms with E-state index in [2.05, 4.69) is 25.8 Å². The second kappa shape index (κ2) is 7.74. The van der Waals surface area contributed by atoms with Crippen molar-refractivity contribution in [3.63, 3.8) is 0 Å². The number of tetrazole rings is 1. The fourth-order valence-electron chi connectivity index (χ4n) is 2.63. The van der Waals surface area contributed by atoms with Crippen LogP contribution in [0.25, 0.3) is 0 Å². The first-order valence-electron chi connectivity index (χ1n) is 7.55. The Morgan fingerprint density at radius 2 is 2.22 bits per heavy atom. The van der Waals surface area contributed by atoms with Crippen molar-refractivity contribution >= 4 is 35.0 Å². The third-order valence-corrected chi connectivity index (χ3v) is 4.98. The molecule has 1 N–H and O–H groups in total. The number of nitrogens with one attached hydrogen (secondary N) is 1. The van der Waals surface area contributed by atoms with Gasteiger partial charge in [-0.05, 0) is 35.4 Å². The summed E-state index contributed by atoms with van der Waals surface area (Å²) in [6, 6.07) is 3.78. The van der Waals surface area contributed by atoms with Crippen molar-refractivity contribution in [2.45, 2.75) is 43.3 Å². The highest BCUT2D eigenvalue weighted by Crippen LogP contribution is 2.30. The van der Waals surface area contributed by atoms with Gasteiger partial charge in [0.15, 0.2) is 5.15 Å². The monoisotopic (exact) mass is 352 g/mol. The maximum atomic E-state index is 12.1. The SMILES string of the molecule is O=C(CSc1nnnn1C1CCCCC1)Nc1cccnc1Cl. The lowest BCUT2D eigenvalue weighted by Gasteiger charge is -2.21. The summed E-state index contributed by atoms with van der Waals surface area (Å²) >= 11 is 7.26. The number of carbonyl (C=O) groups is 1. The largest absolute Gasteiger partial charge is 0.323 e. The average Bonchev–Trinajstić information content (AvgIpc) is 3.04. The number of pyridine rings is 1. The molecular weight excluding hydrogens is 336 g/mol. The molecule has 0 radical (unpaired) electrons. The van der Waals surface area contributed by atoms with Gasteiger partial charge in [-0.2, -0.15) is 0 Å². The Balaban J connectivity index is 1.57. The normalized spacial score (nSPS) is 15.5. The van der Waals surface area contributed by atoms with Gasteiger partial charge in [-0.25, -0.2) is 9.67 Å². The highest BCUT2D eigenvalue weighted by molar-refractivity contribution is 7.99. The Kier molecular flexibility index (Phi) is 5.45. The Labute approximate surface area is 143 Å². The van der Waals surface area contributed by atoms with Crippen molar-refractivity contribution < 1.29 is 4.79 Å². The smallest absolute Gasteiger partial charge is 0.234 e. The lowest BCUT2D eigenvalue weighted by Crippen LogP contribution is -2.17. The maximum Gasteiger partial charge on any atom is 0.234 e. The van der Waals surface area contributed by atoms with E-state index in [1.165, 1.54) is 31.0 Å². The zero-order valence-electron chi connectivity index (χ0n) is 12.5.